The fourth-order valence-electron chi connectivity index (χ4n) is 2.24. The molecule has 1 aliphatic rings. The summed E-state index contributed by atoms with van der Waals surface area (Å²) < 4.78 is 0. The van der Waals surface area contributed by atoms with Gasteiger partial charge in [-0.05, 0) is 38.1 Å². The van der Waals surface area contributed by atoms with Gasteiger partial charge in [-0.15, -0.1) is 11.3 Å². The highest BCUT2D eigenvalue weighted by Crippen LogP contribution is 2.30. The zero-order valence-corrected chi connectivity index (χ0v) is 13.6. The Balaban J connectivity index is 1.79. The second-order valence-corrected chi connectivity index (χ2v) is 6.60. The third-order valence-corrected chi connectivity index (χ3v) is 4.32. The molecule has 3 N–H and O–H groups in total. The van der Waals surface area contributed by atoms with Crippen molar-refractivity contribution in [2.45, 2.75) is 38.5 Å². The predicted molar refractivity (Wildman–Crippen MR) is 87.6 cm³/mol. The minimum atomic E-state index is -0.175. The van der Waals surface area contributed by atoms with Crippen LogP contribution >= 0.6 is 11.3 Å². The van der Waals surface area contributed by atoms with Crippen molar-refractivity contribution in [3.8, 4) is 0 Å². The second-order valence-electron chi connectivity index (χ2n) is 5.70. The normalized spacial score (nSPS) is 13.9. The van der Waals surface area contributed by atoms with Crippen LogP contribution in [-0.2, 0) is 9.59 Å². The number of aromatic nitrogens is 1. The van der Waals surface area contributed by atoms with Crippen LogP contribution in [0.1, 0.15) is 38.5 Å². The van der Waals surface area contributed by atoms with E-state index in [-0.39, 0.29) is 18.4 Å². The fraction of sp³-hybridized carbons (Fsp3) is 0.667. The lowest BCUT2D eigenvalue weighted by Gasteiger charge is -2.22. The molecular weight excluding hydrogens is 300 g/mol. The van der Waals surface area contributed by atoms with Crippen molar-refractivity contribution in [2.24, 2.45) is 11.7 Å². The molecular formula is C15H24N4O2S. The van der Waals surface area contributed by atoms with E-state index in [1.165, 1.54) is 11.3 Å². The first-order valence-corrected chi connectivity index (χ1v) is 8.74. The summed E-state index contributed by atoms with van der Waals surface area (Å²) in [5, 5.41) is 5.12. The van der Waals surface area contributed by atoms with E-state index in [4.69, 9.17) is 5.73 Å². The lowest BCUT2D eigenvalue weighted by molar-refractivity contribution is -0.135. The van der Waals surface area contributed by atoms with Crippen molar-refractivity contribution >= 4 is 28.3 Å². The van der Waals surface area contributed by atoms with Crippen LogP contribution < -0.4 is 11.1 Å². The minimum Gasteiger partial charge on any atom is -0.333 e. The van der Waals surface area contributed by atoms with Gasteiger partial charge in [-0.2, -0.15) is 0 Å². The minimum absolute atomic E-state index is 0.0678. The van der Waals surface area contributed by atoms with E-state index in [9.17, 15) is 9.59 Å². The van der Waals surface area contributed by atoms with Crippen molar-refractivity contribution in [2.75, 3.05) is 25.0 Å². The van der Waals surface area contributed by atoms with Gasteiger partial charge in [0, 0.05) is 24.5 Å². The monoisotopic (exact) mass is 324 g/mol. The number of thiazole rings is 1. The van der Waals surface area contributed by atoms with Crippen LogP contribution in [0.3, 0.4) is 0 Å². The van der Waals surface area contributed by atoms with Gasteiger partial charge >= 0.3 is 0 Å². The molecule has 0 aromatic carbocycles. The summed E-state index contributed by atoms with van der Waals surface area (Å²) in [5.74, 6) is 0.463. The first kappa shape index (κ1) is 16.9. The number of anilines is 1. The Kier molecular flexibility index (Phi) is 6.79. The first-order valence-electron chi connectivity index (χ1n) is 7.86. The fourth-order valence-corrected chi connectivity index (χ4v) is 2.78. The van der Waals surface area contributed by atoms with Crippen molar-refractivity contribution in [1.82, 2.24) is 9.88 Å². The largest absolute Gasteiger partial charge is 0.333 e. The number of hydrogen-bond donors (Lipinski definition) is 2. The molecule has 1 aliphatic carbocycles. The molecule has 1 heterocycles. The number of nitrogens with two attached hydrogens (primary N) is 1. The van der Waals surface area contributed by atoms with Crippen molar-refractivity contribution in [3.63, 3.8) is 0 Å². The van der Waals surface area contributed by atoms with E-state index in [1.54, 1.807) is 16.5 Å². The molecule has 6 nitrogen and oxygen atoms in total. The molecule has 0 aliphatic heterocycles. The summed E-state index contributed by atoms with van der Waals surface area (Å²) in [6.07, 6.45) is 7.20. The zero-order valence-electron chi connectivity index (χ0n) is 12.8. The van der Waals surface area contributed by atoms with E-state index in [1.807, 2.05) is 0 Å². The van der Waals surface area contributed by atoms with E-state index < -0.39 is 0 Å². The van der Waals surface area contributed by atoms with E-state index in [2.05, 4.69) is 10.3 Å². The van der Waals surface area contributed by atoms with E-state index >= 15 is 0 Å². The number of carbonyl (C=O) groups is 2. The highest BCUT2D eigenvalue weighted by molar-refractivity contribution is 7.13. The van der Waals surface area contributed by atoms with Gasteiger partial charge in [0.15, 0.2) is 5.13 Å². The maximum absolute atomic E-state index is 12.3. The van der Waals surface area contributed by atoms with Crippen LogP contribution in [0.2, 0.25) is 0 Å². The number of amides is 2. The molecule has 0 saturated heterocycles. The molecule has 1 aromatic heterocycles. The lowest BCUT2D eigenvalue weighted by Crippen LogP contribution is -2.39. The van der Waals surface area contributed by atoms with Gasteiger partial charge in [-0.25, -0.2) is 4.98 Å². The Morgan fingerprint density at radius 2 is 2.18 bits per heavy atom. The summed E-state index contributed by atoms with van der Waals surface area (Å²) in [6.45, 7) is 1.48. The maximum Gasteiger partial charge on any atom is 0.245 e. The maximum atomic E-state index is 12.3. The van der Waals surface area contributed by atoms with Crippen LogP contribution in [0.25, 0.3) is 0 Å². The number of rotatable bonds is 10. The molecule has 0 bridgehead atoms. The molecule has 1 saturated carbocycles. The van der Waals surface area contributed by atoms with Gasteiger partial charge in [0.05, 0.1) is 6.54 Å². The van der Waals surface area contributed by atoms with E-state index in [0.29, 0.717) is 30.6 Å². The van der Waals surface area contributed by atoms with Crippen molar-refractivity contribution in [3.05, 3.63) is 11.6 Å². The Labute approximate surface area is 135 Å². The molecule has 2 amide bonds. The van der Waals surface area contributed by atoms with Crippen LogP contribution in [0.4, 0.5) is 5.13 Å². The summed E-state index contributed by atoms with van der Waals surface area (Å²) in [4.78, 5) is 30.1. The standard InChI is InChI=1S/C15H24N4O2S/c16-7-3-1-2-4-14(21)19(10-12-5-6-12)11-13(20)18-15-17-8-9-22-15/h8-9,12H,1-7,10-11,16H2,(H,17,18,20). The number of hydrogen-bond acceptors (Lipinski definition) is 5. The number of carbonyl (C=O) groups excluding carboxylic acids is 2. The molecule has 2 rings (SSSR count). The number of unbranched alkanes of at least 4 members (excludes halogenated alkanes) is 2. The Bertz CT molecular complexity index is 474. The molecule has 7 heteroatoms. The Hall–Kier alpha value is -1.47. The van der Waals surface area contributed by atoms with Crippen LogP contribution in [0.5, 0.6) is 0 Å². The summed E-state index contributed by atoms with van der Waals surface area (Å²) >= 11 is 1.37. The molecule has 22 heavy (non-hydrogen) atoms. The lowest BCUT2D eigenvalue weighted by atomic mass is 10.1. The van der Waals surface area contributed by atoms with Gasteiger partial charge < -0.3 is 16.0 Å². The quantitative estimate of drug-likeness (QED) is 0.643. The molecule has 0 atom stereocenters. The van der Waals surface area contributed by atoms with Crippen molar-refractivity contribution in [1.29, 1.82) is 0 Å². The van der Waals surface area contributed by atoms with Gasteiger partial charge in [0.2, 0.25) is 11.8 Å². The van der Waals surface area contributed by atoms with E-state index in [0.717, 1.165) is 32.1 Å². The molecule has 0 unspecified atom stereocenters. The smallest absolute Gasteiger partial charge is 0.245 e. The number of nitrogens with one attached hydrogen (secondary N) is 1. The van der Waals surface area contributed by atoms with Gasteiger partial charge in [-0.3, -0.25) is 9.59 Å². The van der Waals surface area contributed by atoms with Crippen LogP contribution in [0.15, 0.2) is 11.6 Å². The Morgan fingerprint density at radius 1 is 1.36 bits per heavy atom. The third kappa shape index (κ3) is 6.11. The van der Waals surface area contributed by atoms with Crippen LogP contribution in [-0.4, -0.2) is 41.3 Å². The second kappa shape index (κ2) is 8.85. The summed E-state index contributed by atoms with van der Waals surface area (Å²) in [7, 11) is 0. The summed E-state index contributed by atoms with van der Waals surface area (Å²) in [5.41, 5.74) is 5.46. The highest BCUT2D eigenvalue weighted by atomic mass is 32.1. The number of nitrogens with zero attached hydrogens (tertiary/aromatic N) is 2. The van der Waals surface area contributed by atoms with Gasteiger partial charge in [-0.1, -0.05) is 6.42 Å². The van der Waals surface area contributed by atoms with Crippen molar-refractivity contribution < 1.29 is 9.59 Å². The predicted octanol–water partition coefficient (Wildman–Crippen LogP) is 1.84. The Morgan fingerprint density at radius 3 is 2.82 bits per heavy atom. The average Bonchev–Trinajstić information content (AvgIpc) is 3.17. The molecule has 1 aromatic rings. The third-order valence-electron chi connectivity index (χ3n) is 3.64. The molecule has 0 radical (unpaired) electrons. The van der Waals surface area contributed by atoms with Gasteiger partial charge in [0.1, 0.15) is 0 Å². The highest BCUT2D eigenvalue weighted by Gasteiger charge is 2.27. The summed E-state index contributed by atoms with van der Waals surface area (Å²) in [6, 6.07) is 0. The average molecular weight is 324 g/mol. The van der Waals surface area contributed by atoms with Gasteiger partial charge in [0.25, 0.3) is 0 Å². The van der Waals surface area contributed by atoms with Crippen LogP contribution in [0, 0.1) is 5.92 Å². The SMILES string of the molecule is NCCCCCC(=O)N(CC(=O)Nc1nccs1)CC1CC1. The first-order chi connectivity index (χ1) is 10.7. The zero-order chi connectivity index (χ0) is 15.8. The molecule has 0 spiro atoms. The molecule has 1 fully saturated rings. The topological polar surface area (TPSA) is 88.3 Å². The molecule has 122 valence electrons.